The molecule has 1 aromatic rings. The Labute approximate surface area is 90.7 Å². The summed E-state index contributed by atoms with van der Waals surface area (Å²) in [5, 5.41) is 6.78. The van der Waals surface area contributed by atoms with Crippen LogP contribution in [0.2, 0.25) is 0 Å². The fourth-order valence-corrected chi connectivity index (χ4v) is 1.54. The number of hydrogen-bond acceptors (Lipinski definition) is 2. The van der Waals surface area contributed by atoms with Gasteiger partial charge in [0.2, 0.25) is 0 Å². The summed E-state index contributed by atoms with van der Waals surface area (Å²) in [5.74, 6) is 0.0306. The minimum atomic E-state index is 0.0306. The highest BCUT2D eigenvalue weighted by atomic mass is 16.2. The Balaban J connectivity index is 2.71. The second-order valence-corrected chi connectivity index (χ2v) is 3.73. The van der Waals surface area contributed by atoms with Crippen LogP contribution in [-0.2, 0) is 0 Å². The molecule has 15 heavy (non-hydrogen) atoms. The molecule has 1 heterocycles. The van der Waals surface area contributed by atoms with Crippen LogP contribution in [0, 0.1) is 6.92 Å². The fraction of sp³-hybridized carbons (Fsp3) is 0.636. The van der Waals surface area contributed by atoms with Gasteiger partial charge in [-0.2, -0.15) is 5.10 Å². The molecule has 0 unspecified atom stereocenters. The SMILES string of the molecule is CCCN(CCC)C(=O)c1cc(C)[nH]n1. The number of aromatic amines is 1. The molecule has 0 fully saturated rings. The number of carbonyl (C=O) groups is 1. The molecule has 4 nitrogen and oxygen atoms in total. The van der Waals surface area contributed by atoms with Crippen molar-refractivity contribution in [3.8, 4) is 0 Å². The van der Waals surface area contributed by atoms with Crippen molar-refractivity contribution in [2.24, 2.45) is 0 Å². The molecule has 0 bridgehead atoms. The first kappa shape index (κ1) is 11.8. The van der Waals surface area contributed by atoms with Gasteiger partial charge < -0.3 is 4.90 Å². The zero-order valence-electron chi connectivity index (χ0n) is 9.71. The Morgan fingerprint density at radius 2 is 2.00 bits per heavy atom. The Hall–Kier alpha value is -1.32. The molecule has 0 atom stereocenters. The van der Waals surface area contributed by atoms with E-state index in [1.807, 2.05) is 11.8 Å². The first-order chi connectivity index (χ1) is 7.19. The number of rotatable bonds is 5. The third-order valence-corrected chi connectivity index (χ3v) is 2.20. The lowest BCUT2D eigenvalue weighted by molar-refractivity contribution is 0.0749. The predicted molar refractivity (Wildman–Crippen MR) is 59.8 cm³/mol. The molecule has 0 aromatic carbocycles. The van der Waals surface area contributed by atoms with Crippen LogP contribution >= 0.6 is 0 Å². The second kappa shape index (κ2) is 5.53. The van der Waals surface area contributed by atoms with E-state index in [4.69, 9.17) is 0 Å². The van der Waals surface area contributed by atoms with E-state index < -0.39 is 0 Å². The van der Waals surface area contributed by atoms with Gasteiger partial charge in [-0.1, -0.05) is 13.8 Å². The van der Waals surface area contributed by atoms with Crippen molar-refractivity contribution < 1.29 is 4.79 Å². The summed E-state index contributed by atoms with van der Waals surface area (Å²) >= 11 is 0. The third kappa shape index (κ3) is 3.08. The standard InChI is InChI=1S/C11H19N3O/c1-4-6-14(7-5-2)11(15)10-8-9(3)12-13-10/h8H,4-7H2,1-3H3,(H,12,13). The van der Waals surface area contributed by atoms with E-state index >= 15 is 0 Å². The summed E-state index contributed by atoms with van der Waals surface area (Å²) < 4.78 is 0. The lowest BCUT2D eigenvalue weighted by Crippen LogP contribution is -2.32. The molecule has 84 valence electrons. The van der Waals surface area contributed by atoms with Gasteiger partial charge in [0.1, 0.15) is 5.69 Å². The zero-order chi connectivity index (χ0) is 11.3. The normalized spacial score (nSPS) is 10.3. The van der Waals surface area contributed by atoms with Crippen LogP contribution in [0.25, 0.3) is 0 Å². The molecule has 0 radical (unpaired) electrons. The van der Waals surface area contributed by atoms with Crippen molar-refractivity contribution in [1.29, 1.82) is 0 Å². The maximum Gasteiger partial charge on any atom is 0.274 e. The van der Waals surface area contributed by atoms with Gasteiger partial charge in [0.25, 0.3) is 5.91 Å². The molecule has 0 saturated heterocycles. The van der Waals surface area contributed by atoms with E-state index in [9.17, 15) is 4.79 Å². The summed E-state index contributed by atoms with van der Waals surface area (Å²) in [6, 6.07) is 1.79. The van der Waals surface area contributed by atoms with Crippen LogP contribution in [-0.4, -0.2) is 34.1 Å². The minimum Gasteiger partial charge on any atom is -0.337 e. The Kier molecular flexibility index (Phi) is 4.34. The van der Waals surface area contributed by atoms with Crippen molar-refractivity contribution in [1.82, 2.24) is 15.1 Å². The quantitative estimate of drug-likeness (QED) is 0.806. The van der Waals surface area contributed by atoms with Crippen molar-refractivity contribution in [2.45, 2.75) is 33.6 Å². The molecule has 1 rings (SSSR count). The van der Waals surface area contributed by atoms with Crippen LogP contribution in [0.15, 0.2) is 6.07 Å². The van der Waals surface area contributed by atoms with E-state index in [1.54, 1.807) is 6.07 Å². The van der Waals surface area contributed by atoms with E-state index in [0.717, 1.165) is 31.6 Å². The van der Waals surface area contributed by atoms with Crippen molar-refractivity contribution in [2.75, 3.05) is 13.1 Å². The first-order valence-electron chi connectivity index (χ1n) is 5.50. The van der Waals surface area contributed by atoms with Gasteiger partial charge in [0, 0.05) is 18.8 Å². The summed E-state index contributed by atoms with van der Waals surface area (Å²) in [5.41, 5.74) is 1.45. The Morgan fingerprint density at radius 3 is 2.40 bits per heavy atom. The predicted octanol–water partition coefficient (Wildman–Crippen LogP) is 1.98. The molecule has 0 aliphatic rings. The smallest absolute Gasteiger partial charge is 0.274 e. The molecule has 1 N–H and O–H groups in total. The molecule has 0 aliphatic carbocycles. The van der Waals surface area contributed by atoms with Gasteiger partial charge in [-0.05, 0) is 25.8 Å². The molecule has 4 heteroatoms. The molecular weight excluding hydrogens is 190 g/mol. The average Bonchev–Trinajstić information content (AvgIpc) is 2.63. The maximum atomic E-state index is 12.0. The Morgan fingerprint density at radius 1 is 1.40 bits per heavy atom. The van der Waals surface area contributed by atoms with E-state index in [0.29, 0.717) is 5.69 Å². The van der Waals surface area contributed by atoms with Gasteiger partial charge in [0.15, 0.2) is 0 Å². The van der Waals surface area contributed by atoms with E-state index in [2.05, 4.69) is 24.0 Å². The van der Waals surface area contributed by atoms with Crippen LogP contribution in [0.1, 0.15) is 42.9 Å². The third-order valence-electron chi connectivity index (χ3n) is 2.20. The van der Waals surface area contributed by atoms with Gasteiger partial charge in [-0.3, -0.25) is 9.89 Å². The molecule has 0 spiro atoms. The highest BCUT2D eigenvalue weighted by Crippen LogP contribution is 2.05. The largest absolute Gasteiger partial charge is 0.337 e. The molecule has 0 saturated carbocycles. The number of aryl methyl sites for hydroxylation is 1. The average molecular weight is 209 g/mol. The first-order valence-corrected chi connectivity index (χ1v) is 5.50. The summed E-state index contributed by atoms with van der Waals surface area (Å²) in [6.07, 6.45) is 1.96. The van der Waals surface area contributed by atoms with E-state index in [1.165, 1.54) is 0 Å². The Bertz CT molecular complexity index is 313. The number of amides is 1. The van der Waals surface area contributed by atoms with Gasteiger partial charge in [0.05, 0.1) is 0 Å². The van der Waals surface area contributed by atoms with Crippen LogP contribution in [0.4, 0.5) is 0 Å². The molecule has 1 aromatic heterocycles. The highest BCUT2D eigenvalue weighted by Gasteiger charge is 2.16. The molecule has 1 amide bonds. The van der Waals surface area contributed by atoms with Crippen molar-refractivity contribution >= 4 is 5.91 Å². The minimum absolute atomic E-state index is 0.0306. The van der Waals surface area contributed by atoms with Gasteiger partial charge in [-0.25, -0.2) is 0 Å². The summed E-state index contributed by atoms with van der Waals surface area (Å²) in [4.78, 5) is 13.8. The van der Waals surface area contributed by atoms with Crippen molar-refractivity contribution in [3.63, 3.8) is 0 Å². The highest BCUT2D eigenvalue weighted by molar-refractivity contribution is 5.92. The van der Waals surface area contributed by atoms with E-state index in [-0.39, 0.29) is 5.91 Å². The summed E-state index contributed by atoms with van der Waals surface area (Å²) in [6.45, 7) is 7.66. The number of nitrogens with zero attached hydrogens (tertiary/aromatic N) is 2. The number of hydrogen-bond donors (Lipinski definition) is 1. The molecule has 0 aliphatic heterocycles. The number of H-pyrrole nitrogens is 1. The zero-order valence-corrected chi connectivity index (χ0v) is 9.71. The second-order valence-electron chi connectivity index (χ2n) is 3.73. The molecular formula is C11H19N3O. The summed E-state index contributed by atoms with van der Waals surface area (Å²) in [7, 11) is 0. The van der Waals surface area contributed by atoms with Crippen LogP contribution < -0.4 is 0 Å². The number of aromatic nitrogens is 2. The topological polar surface area (TPSA) is 49.0 Å². The number of carbonyl (C=O) groups excluding carboxylic acids is 1. The lowest BCUT2D eigenvalue weighted by Gasteiger charge is -2.19. The lowest BCUT2D eigenvalue weighted by atomic mass is 10.3. The fourth-order valence-electron chi connectivity index (χ4n) is 1.54. The van der Waals surface area contributed by atoms with Gasteiger partial charge in [-0.15, -0.1) is 0 Å². The van der Waals surface area contributed by atoms with Gasteiger partial charge >= 0.3 is 0 Å². The monoisotopic (exact) mass is 209 g/mol. The van der Waals surface area contributed by atoms with Crippen molar-refractivity contribution in [3.05, 3.63) is 17.5 Å². The maximum absolute atomic E-state index is 12.0. The van der Waals surface area contributed by atoms with Crippen LogP contribution in [0.5, 0.6) is 0 Å². The number of nitrogens with one attached hydrogen (secondary N) is 1. The van der Waals surface area contributed by atoms with Crippen LogP contribution in [0.3, 0.4) is 0 Å².